The predicted octanol–water partition coefficient (Wildman–Crippen LogP) is 1.93. The zero-order valence-corrected chi connectivity index (χ0v) is 16.8. The van der Waals surface area contributed by atoms with Crippen LogP contribution in [0.4, 0.5) is 17.1 Å². The SMILES string of the molecule is CNc1cc(N2CCS(=O)(=O)CC2)c(C(=O)NC2CCCCC2)cc1[N+](=O)[O-]. The maximum Gasteiger partial charge on any atom is 0.293 e. The summed E-state index contributed by atoms with van der Waals surface area (Å²) in [7, 11) is -1.50. The van der Waals surface area contributed by atoms with Crippen molar-refractivity contribution in [2.24, 2.45) is 0 Å². The average molecular weight is 410 g/mol. The number of nitrogens with zero attached hydrogens (tertiary/aromatic N) is 2. The topological polar surface area (TPSA) is 122 Å². The minimum absolute atomic E-state index is 0.00254. The molecule has 9 nitrogen and oxygen atoms in total. The van der Waals surface area contributed by atoms with Crippen LogP contribution in [0.2, 0.25) is 0 Å². The zero-order chi connectivity index (χ0) is 20.3. The molecule has 0 bridgehead atoms. The van der Waals surface area contributed by atoms with Crippen molar-refractivity contribution in [3.63, 3.8) is 0 Å². The monoisotopic (exact) mass is 410 g/mol. The largest absolute Gasteiger partial charge is 0.383 e. The maximum absolute atomic E-state index is 13.0. The van der Waals surface area contributed by atoms with Crippen LogP contribution in [0.15, 0.2) is 12.1 Å². The highest BCUT2D eigenvalue weighted by Gasteiger charge is 2.29. The molecule has 0 unspecified atom stereocenters. The number of nitro benzene ring substituents is 1. The van der Waals surface area contributed by atoms with Crippen molar-refractivity contribution in [3.05, 3.63) is 27.8 Å². The highest BCUT2D eigenvalue weighted by molar-refractivity contribution is 7.91. The Morgan fingerprint density at radius 1 is 1.18 bits per heavy atom. The van der Waals surface area contributed by atoms with Crippen molar-refractivity contribution in [1.82, 2.24) is 5.32 Å². The summed E-state index contributed by atoms with van der Waals surface area (Å²) < 4.78 is 23.5. The summed E-state index contributed by atoms with van der Waals surface area (Å²) >= 11 is 0. The van der Waals surface area contributed by atoms with Gasteiger partial charge in [0.1, 0.15) is 5.69 Å². The van der Waals surface area contributed by atoms with Gasteiger partial charge in [0.05, 0.1) is 27.7 Å². The lowest BCUT2D eigenvalue weighted by atomic mass is 9.95. The molecule has 2 aliphatic rings. The van der Waals surface area contributed by atoms with Crippen molar-refractivity contribution in [3.8, 4) is 0 Å². The molecule has 0 radical (unpaired) electrons. The number of amides is 1. The molecule has 0 aromatic heterocycles. The number of hydrogen-bond acceptors (Lipinski definition) is 7. The van der Waals surface area contributed by atoms with Crippen LogP contribution in [0.5, 0.6) is 0 Å². The van der Waals surface area contributed by atoms with Gasteiger partial charge in [0.25, 0.3) is 11.6 Å². The summed E-state index contributed by atoms with van der Waals surface area (Å²) in [5.41, 5.74) is 0.862. The van der Waals surface area contributed by atoms with Gasteiger partial charge in [-0.25, -0.2) is 8.42 Å². The molecule has 1 aromatic carbocycles. The van der Waals surface area contributed by atoms with Crippen molar-refractivity contribution < 1.29 is 18.1 Å². The number of nitrogens with one attached hydrogen (secondary N) is 2. The van der Waals surface area contributed by atoms with E-state index in [4.69, 9.17) is 0 Å². The number of rotatable bonds is 5. The van der Waals surface area contributed by atoms with E-state index in [1.807, 2.05) is 4.90 Å². The van der Waals surface area contributed by atoms with Crippen molar-refractivity contribution >= 4 is 32.8 Å². The molecular formula is C18H26N4O5S. The van der Waals surface area contributed by atoms with E-state index < -0.39 is 14.8 Å². The van der Waals surface area contributed by atoms with Gasteiger partial charge in [-0.2, -0.15) is 0 Å². The normalized spacial score (nSPS) is 19.8. The molecule has 1 heterocycles. The molecule has 1 aliphatic carbocycles. The quantitative estimate of drug-likeness (QED) is 0.562. The first-order valence-corrected chi connectivity index (χ1v) is 11.4. The zero-order valence-electron chi connectivity index (χ0n) is 15.9. The molecule has 2 N–H and O–H groups in total. The molecule has 1 aromatic rings. The minimum Gasteiger partial charge on any atom is -0.383 e. The average Bonchev–Trinajstić information content (AvgIpc) is 2.67. The number of sulfone groups is 1. The van der Waals surface area contributed by atoms with Gasteiger partial charge < -0.3 is 15.5 Å². The summed E-state index contributed by atoms with van der Waals surface area (Å²) in [4.78, 5) is 25.7. The lowest BCUT2D eigenvalue weighted by molar-refractivity contribution is -0.383. The lowest BCUT2D eigenvalue weighted by Gasteiger charge is -2.31. The second-order valence-corrected chi connectivity index (χ2v) is 9.64. The van der Waals surface area contributed by atoms with E-state index in [2.05, 4.69) is 10.6 Å². The fraction of sp³-hybridized carbons (Fsp3) is 0.611. The number of hydrogen-bond donors (Lipinski definition) is 2. The van der Waals surface area contributed by atoms with E-state index in [1.165, 1.54) is 6.07 Å². The Hall–Kier alpha value is -2.36. The Morgan fingerprint density at radius 3 is 2.39 bits per heavy atom. The highest BCUT2D eigenvalue weighted by atomic mass is 32.2. The van der Waals surface area contributed by atoms with Crippen molar-refractivity contribution in [2.75, 3.05) is 41.9 Å². The Kier molecular flexibility index (Phi) is 6.07. The Balaban J connectivity index is 1.96. The van der Waals surface area contributed by atoms with Crippen molar-refractivity contribution in [2.45, 2.75) is 38.1 Å². The molecule has 2 fully saturated rings. The van der Waals surface area contributed by atoms with Crippen LogP contribution in [-0.2, 0) is 9.84 Å². The second-order valence-electron chi connectivity index (χ2n) is 7.34. The first-order chi connectivity index (χ1) is 13.3. The summed E-state index contributed by atoms with van der Waals surface area (Å²) in [5, 5.41) is 17.3. The Labute approximate surface area is 164 Å². The van der Waals surface area contributed by atoms with Crippen LogP contribution in [0, 0.1) is 10.1 Å². The molecule has 154 valence electrons. The van der Waals surface area contributed by atoms with Crippen LogP contribution in [0.1, 0.15) is 42.5 Å². The van der Waals surface area contributed by atoms with Crippen LogP contribution in [0.3, 0.4) is 0 Å². The molecule has 1 aliphatic heterocycles. The lowest BCUT2D eigenvalue weighted by Crippen LogP contribution is -2.42. The van der Waals surface area contributed by atoms with E-state index in [-0.39, 0.29) is 47.8 Å². The first-order valence-electron chi connectivity index (χ1n) is 9.57. The predicted molar refractivity (Wildman–Crippen MR) is 108 cm³/mol. The van der Waals surface area contributed by atoms with Crippen LogP contribution < -0.4 is 15.5 Å². The Bertz CT molecular complexity index is 851. The highest BCUT2D eigenvalue weighted by Crippen LogP contribution is 2.34. The van der Waals surface area contributed by atoms with Crippen LogP contribution in [-0.4, -0.2) is 56.9 Å². The van der Waals surface area contributed by atoms with Crippen LogP contribution >= 0.6 is 0 Å². The van der Waals surface area contributed by atoms with Gasteiger partial charge in [0.15, 0.2) is 9.84 Å². The Morgan fingerprint density at radius 2 is 1.82 bits per heavy atom. The summed E-state index contributed by atoms with van der Waals surface area (Å²) in [5.74, 6) is -0.341. The number of carbonyl (C=O) groups excluding carboxylic acids is 1. The first kappa shape index (κ1) is 20.4. The third-order valence-corrected chi connectivity index (χ3v) is 7.06. The fourth-order valence-electron chi connectivity index (χ4n) is 3.84. The molecule has 1 saturated carbocycles. The third-order valence-electron chi connectivity index (χ3n) is 5.45. The van der Waals surface area contributed by atoms with Gasteiger partial charge in [-0.3, -0.25) is 14.9 Å². The van der Waals surface area contributed by atoms with Gasteiger partial charge in [-0.1, -0.05) is 19.3 Å². The maximum atomic E-state index is 13.0. The van der Waals surface area contributed by atoms with Crippen LogP contribution in [0.25, 0.3) is 0 Å². The van der Waals surface area contributed by atoms with Gasteiger partial charge in [0, 0.05) is 32.2 Å². The number of benzene rings is 1. The summed E-state index contributed by atoms with van der Waals surface area (Å²) in [6.07, 6.45) is 5.07. The second kappa shape index (κ2) is 8.34. The van der Waals surface area contributed by atoms with E-state index in [0.717, 1.165) is 32.1 Å². The van der Waals surface area contributed by atoms with Gasteiger partial charge >= 0.3 is 0 Å². The minimum atomic E-state index is -3.08. The van der Waals surface area contributed by atoms with E-state index >= 15 is 0 Å². The number of anilines is 2. The number of carbonyl (C=O) groups is 1. The molecule has 1 amide bonds. The van der Waals surface area contributed by atoms with E-state index in [0.29, 0.717) is 11.4 Å². The van der Waals surface area contributed by atoms with Gasteiger partial charge in [0.2, 0.25) is 0 Å². The number of nitro groups is 1. The van der Waals surface area contributed by atoms with Gasteiger partial charge in [-0.05, 0) is 18.9 Å². The third kappa shape index (κ3) is 4.54. The molecule has 3 rings (SSSR count). The molecule has 28 heavy (non-hydrogen) atoms. The van der Waals surface area contributed by atoms with Gasteiger partial charge in [-0.15, -0.1) is 0 Å². The molecule has 1 saturated heterocycles. The van der Waals surface area contributed by atoms with E-state index in [9.17, 15) is 23.3 Å². The molecular weight excluding hydrogens is 384 g/mol. The van der Waals surface area contributed by atoms with Crippen molar-refractivity contribution in [1.29, 1.82) is 0 Å². The molecule has 10 heteroatoms. The summed E-state index contributed by atoms with van der Waals surface area (Å²) in [6.45, 7) is 0.514. The molecule has 0 spiro atoms. The smallest absolute Gasteiger partial charge is 0.293 e. The van der Waals surface area contributed by atoms with E-state index in [1.54, 1.807) is 13.1 Å². The summed E-state index contributed by atoms with van der Waals surface area (Å²) in [6, 6.07) is 2.94. The fourth-order valence-corrected chi connectivity index (χ4v) is 5.04. The molecule has 0 atom stereocenters. The standard InChI is InChI=1S/C18H26N4O5S/c1-19-15-12-16(21-7-9-28(26,27)10-8-21)14(11-17(15)22(24)25)18(23)20-13-5-3-2-4-6-13/h11-13,19H,2-10H2,1H3,(H,20,23).